The third-order valence-electron chi connectivity index (χ3n) is 5.65. The van der Waals surface area contributed by atoms with Crippen molar-refractivity contribution in [2.75, 3.05) is 13.7 Å². The smallest absolute Gasteiger partial charge is 0.296 e. The van der Waals surface area contributed by atoms with E-state index in [1.807, 2.05) is 13.8 Å². The van der Waals surface area contributed by atoms with Gasteiger partial charge in [-0.2, -0.15) is 0 Å². The first kappa shape index (κ1) is 21.0. The molecule has 0 spiro atoms. The van der Waals surface area contributed by atoms with Crippen molar-refractivity contribution in [1.29, 1.82) is 0 Å². The minimum absolute atomic E-state index is 0.00170. The maximum atomic E-state index is 12.9. The average molecular weight is 369 g/mol. The number of likely N-dealkylation sites (tertiary alicyclic amines) is 1. The first-order valence-corrected chi connectivity index (χ1v) is 9.42. The highest BCUT2D eigenvalue weighted by Crippen LogP contribution is 2.37. The Labute approximate surface area is 155 Å². The maximum Gasteiger partial charge on any atom is 0.296 e. The molecule has 0 radical (unpaired) electrons. The summed E-state index contributed by atoms with van der Waals surface area (Å²) in [6.45, 7) is 7.26. The minimum Gasteiger partial charge on any atom is -0.379 e. The summed E-state index contributed by atoms with van der Waals surface area (Å²) in [5, 5.41) is 11.0. The molecule has 2 fully saturated rings. The van der Waals surface area contributed by atoms with Gasteiger partial charge in [-0.05, 0) is 38.5 Å². The number of rotatable bonds is 5. The Morgan fingerprint density at radius 2 is 1.92 bits per heavy atom. The van der Waals surface area contributed by atoms with Crippen LogP contribution in [0.15, 0.2) is 0 Å². The summed E-state index contributed by atoms with van der Waals surface area (Å²) in [4.78, 5) is 39.0. The van der Waals surface area contributed by atoms with Crippen LogP contribution in [0, 0.1) is 11.8 Å². The number of aliphatic hydroxyl groups is 1. The van der Waals surface area contributed by atoms with E-state index in [2.05, 4.69) is 0 Å². The normalized spacial score (nSPS) is 35.4. The molecule has 5 atom stereocenters. The molecule has 2 heterocycles. The first-order valence-electron chi connectivity index (χ1n) is 9.42. The molecule has 2 rings (SSSR count). The number of Topliss-reactive ketones (excluding diaryl/α,β-unsaturated/α-hetero) is 2. The van der Waals surface area contributed by atoms with E-state index < -0.39 is 35.5 Å². The Hall–Kier alpha value is -1.31. The third kappa shape index (κ3) is 3.85. The summed E-state index contributed by atoms with van der Waals surface area (Å²) in [5.41, 5.74) is 0. The van der Waals surface area contributed by atoms with E-state index in [4.69, 9.17) is 9.47 Å². The molecule has 7 heteroatoms. The van der Waals surface area contributed by atoms with Crippen LogP contribution in [0.25, 0.3) is 0 Å². The average Bonchev–Trinajstić information content (AvgIpc) is 2.62. The fourth-order valence-corrected chi connectivity index (χ4v) is 4.00. The van der Waals surface area contributed by atoms with Crippen LogP contribution in [-0.2, 0) is 23.9 Å². The van der Waals surface area contributed by atoms with Crippen molar-refractivity contribution >= 4 is 17.5 Å². The van der Waals surface area contributed by atoms with Crippen LogP contribution in [0.3, 0.4) is 0 Å². The van der Waals surface area contributed by atoms with Gasteiger partial charge in [0, 0.05) is 19.6 Å². The zero-order valence-corrected chi connectivity index (χ0v) is 16.4. The SMILES string of the molecule is COC1CC(C)C(O)(C(=O)C(=O)N2CCCCC2C(C)=O)OC1C(C)C. The van der Waals surface area contributed by atoms with Gasteiger partial charge in [0.05, 0.1) is 18.2 Å². The summed E-state index contributed by atoms with van der Waals surface area (Å²) in [5.74, 6) is -4.76. The second-order valence-corrected chi connectivity index (χ2v) is 7.88. The van der Waals surface area contributed by atoms with Gasteiger partial charge in [-0.1, -0.05) is 20.8 Å². The molecule has 1 amide bonds. The van der Waals surface area contributed by atoms with Crippen LogP contribution >= 0.6 is 0 Å². The van der Waals surface area contributed by atoms with E-state index in [0.29, 0.717) is 19.4 Å². The van der Waals surface area contributed by atoms with Crippen molar-refractivity contribution in [3.63, 3.8) is 0 Å². The molecule has 5 unspecified atom stereocenters. The van der Waals surface area contributed by atoms with Crippen LogP contribution in [0.2, 0.25) is 0 Å². The summed E-state index contributed by atoms with van der Waals surface area (Å²) >= 11 is 0. The van der Waals surface area contributed by atoms with Gasteiger partial charge < -0.3 is 19.5 Å². The highest BCUT2D eigenvalue weighted by Gasteiger charge is 2.55. The van der Waals surface area contributed by atoms with Crippen molar-refractivity contribution in [1.82, 2.24) is 4.90 Å². The molecule has 148 valence electrons. The van der Waals surface area contributed by atoms with Gasteiger partial charge in [0.2, 0.25) is 5.79 Å². The lowest BCUT2D eigenvalue weighted by Gasteiger charge is -2.46. The molecule has 1 N–H and O–H groups in total. The maximum absolute atomic E-state index is 12.9. The van der Waals surface area contributed by atoms with Crippen molar-refractivity contribution in [2.24, 2.45) is 11.8 Å². The number of hydrogen-bond donors (Lipinski definition) is 1. The lowest BCUT2D eigenvalue weighted by Crippen LogP contribution is -2.63. The highest BCUT2D eigenvalue weighted by atomic mass is 16.7. The van der Waals surface area contributed by atoms with Gasteiger partial charge in [-0.25, -0.2) is 0 Å². The van der Waals surface area contributed by atoms with E-state index in [0.717, 1.165) is 12.8 Å². The Bertz CT molecular complexity index is 562. The molecule has 2 aliphatic heterocycles. The molecule has 7 nitrogen and oxygen atoms in total. The molecule has 0 aromatic heterocycles. The second kappa shape index (κ2) is 8.15. The molecule has 0 saturated carbocycles. The number of amides is 1. The number of ketones is 2. The van der Waals surface area contributed by atoms with Crippen LogP contribution in [-0.4, -0.2) is 65.2 Å². The Balaban J connectivity index is 2.25. The van der Waals surface area contributed by atoms with Crippen molar-refractivity contribution < 1.29 is 29.0 Å². The highest BCUT2D eigenvalue weighted by molar-refractivity contribution is 6.39. The summed E-state index contributed by atoms with van der Waals surface area (Å²) < 4.78 is 11.2. The van der Waals surface area contributed by atoms with Gasteiger partial charge >= 0.3 is 0 Å². The van der Waals surface area contributed by atoms with Gasteiger partial charge in [0.25, 0.3) is 11.7 Å². The Morgan fingerprint density at radius 1 is 1.27 bits per heavy atom. The first-order chi connectivity index (χ1) is 12.1. The van der Waals surface area contributed by atoms with Gasteiger partial charge in [-0.15, -0.1) is 0 Å². The quantitative estimate of drug-likeness (QED) is 0.735. The zero-order valence-electron chi connectivity index (χ0n) is 16.4. The molecule has 26 heavy (non-hydrogen) atoms. The number of nitrogens with zero attached hydrogens (tertiary/aromatic N) is 1. The van der Waals surface area contributed by atoms with Crippen LogP contribution in [0.4, 0.5) is 0 Å². The van der Waals surface area contributed by atoms with Gasteiger partial charge in [0.15, 0.2) is 5.78 Å². The standard InChI is InChI=1S/C19H31NO6/c1-11(2)16-15(25-5)10-12(3)19(24,26-16)17(22)18(23)20-9-7-6-8-14(20)13(4)21/h11-12,14-16,24H,6-10H2,1-5H3. The fourth-order valence-electron chi connectivity index (χ4n) is 4.00. The van der Waals surface area contributed by atoms with E-state index in [1.54, 1.807) is 14.0 Å². The molecule has 0 aromatic rings. The summed E-state index contributed by atoms with van der Waals surface area (Å²) in [6, 6.07) is -0.602. The monoisotopic (exact) mass is 369 g/mol. The van der Waals surface area contributed by atoms with E-state index >= 15 is 0 Å². The van der Waals surface area contributed by atoms with E-state index in [1.165, 1.54) is 11.8 Å². The minimum atomic E-state index is -2.19. The molecule has 0 aromatic carbocycles. The summed E-state index contributed by atoms with van der Waals surface area (Å²) in [7, 11) is 1.57. The van der Waals surface area contributed by atoms with Crippen molar-refractivity contribution in [3.8, 4) is 0 Å². The van der Waals surface area contributed by atoms with Crippen LogP contribution < -0.4 is 0 Å². The fraction of sp³-hybridized carbons (Fsp3) is 0.842. The summed E-state index contributed by atoms with van der Waals surface area (Å²) in [6.07, 6.45) is 1.77. The molecule has 2 aliphatic rings. The van der Waals surface area contributed by atoms with Crippen molar-refractivity contribution in [2.45, 2.75) is 77.4 Å². The number of carbonyl (C=O) groups excluding carboxylic acids is 3. The second-order valence-electron chi connectivity index (χ2n) is 7.88. The molecule has 0 aliphatic carbocycles. The molecule has 0 bridgehead atoms. The largest absolute Gasteiger partial charge is 0.379 e. The predicted octanol–water partition coefficient (Wildman–Crippen LogP) is 1.31. The predicted molar refractivity (Wildman–Crippen MR) is 94.3 cm³/mol. The van der Waals surface area contributed by atoms with Crippen LogP contribution in [0.1, 0.15) is 53.4 Å². The molecular weight excluding hydrogens is 338 g/mol. The Kier molecular flexibility index (Phi) is 6.58. The number of hydrogen-bond acceptors (Lipinski definition) is 6. The van der Waals surface area contributed by atoms with Gasteiger partial charge in [-0.3, -0.25) is 14.4 Å². The number of carbonyl (C=O) groups is 3. The lowest BCUT2D eigenvalue weighted by atomic mass is 9.82. The number of methoxy groups -OCH3 is 1. The number of ether oxygens (including phenoxy) is 2. The third-order valence-corrected chi connectivity index (χ3v) is 5.65. The zero-order chi connectivity index (χ0) is 19.6. The Morgan fingerprint density at radius 3 is 2.46 bits per heavy atom. The lowest BCUT2D eigenvalue weighted by molar-refractivity contribution is -0.293. The van der Waals surface area contributed by atoms with E-state index in [9.17, 15) is 19.5 Å². The van der Waals surface area contributed by atoms with Gasteiger partial charge in [0.1, 0.15) is 0 Å². The molecular formula is C19H31NO6. The number of piperidine rings is 1. The topological polar surface area (TPSA) is 93.1 Å². The van der Waals surface area contributed by atoms with Crippen LogP contribution in [0.5, 0.6) is 0 Å². The van der Waals surface area contributed by atoms with E-state index in [-0.39, 0.29) is 17.8 Å². The molecule has 2 saturated heterocycles. The van der Waals surface area contributed by atoms with Crippen molar-refractivity contribution in [3.05, 3.63) is 0 Å².